The molecular formula is C18H28N2O2. The van der Waals surface area contributed by atoms with Crippen LogP contribution >= 0.6 is 0 Å². The molecule has 1 heterocycles. The maximum absolute atomic E-state index is 12.2. The van der Waals surface area contributed by atoms with Gasteiger partial charge in [-0.15, -0.1) is 0 Å². The van der Waals surface area contributed by atoms with E-state index in [4.69, 9.17) is 4.74 Å². The Hall–Kier alpha value is -1.71. The van der Waals surface area contributed by atoms with Crippen LogP contribution in [0.3, 0.4) is 0 Å². The monoisotopic (exact) mass is 304 g/mol. The molecule has 0 aliphatic carbocycles. The van der Waals surface area contributed by atoms with Crippen molar-refractivity contribution in [3.05, 3.63) is 29.3 Å². The Morgan fingerprint density at radius 2 is 1.91 bits per heavy atom. The SMILES string of the molecule is Cc1ccc(N2CCN(C(=O)OC(C)(C)C)CC2C)c(C)c1. The fourth-order valence-electron chi connectivity index (χ4n) is 2.94. The fraction of sp³-hybridized carbons (Fsp3) is 0.611. The average Bonchev–Trinajstić information content (AvgIpc) is 2.37. The van der Waals surface area contributed by atoms with Gasteiger partial charge in [-0.2, -0.15) is 0 Å². The summed E-state index contributed by atoms with van der Waals surface area (Å²) in [6, 6.07) is 6.82. The molecule has 122 valence electrons. The zero-order valence-electron chi connectivity index (χ0n) is 14.6. The Morgan fingerprint density at radius 1 is 1.23 bits per heavy atom. The lowest BCUT2D eigenvalue weighted by atomic mass is 10.1. The molecule has 0 saturated carbocycles. The number of ether oxygens (including phenoxy) is 1. The van der Waals surface area contributed by atoms with Crippen LogP contribution in [0.1, 0.15) is 38.8 Å². The normalized spacial score (nSPS) is 19.3. The van der Waals surface area contributed by atoms with Gasteiger partial charge in [0.25, 0.3) is 0 Å². The quantitative estimate of drug-likeness (QED) is 0.792. The lowest BCUT2D eigenvalue weighted by molar-refractivity contribution is 0.0219. The summed E-state index contributed by atoms with van der Waals surface area (Å²) in [5.74, 6) is 0. The molecule has 1 aromatic carbocycles. The Morgan fingerprint density at radius 3 is 2.45 bits per heavy atom. The molecule has 22 heavy (non-hydrogen) atoms. The lowest BCUT2D eigenvalue weighted by Crippen LogP contribution is -2.54. The predicted octanol–water partition coefficient (Wildman–Crippen LogP) is 3.75. The average molecular weight is 304 g/mol. The van der Waals surface area contributed by atoms with E-state index in [1.807, 2.05) is 25.7 Å². The molecule has 4 heteroatoms. The van der Waals surface area contributed by atoms with E-state index in [1.165, 1.54) is 16.8 Å². The van der Waals surface area contributed by atoms with E-state index in [0.717, 1.165) is 6.54 Å². The highest BCUT2D eigenvalue weighted by atomic mass is 16.6. The number of amides is 1. The zero-order chi connectivity index (χ0) is 16.5. The molecule has 0 N–H and O–H groups in total. The molecule has 0 radical (unpaired) electrons. The van der Waals surface area contributed by atoms with Gasteiger partial charge >= 0.3 is 6.09 Å². The van der Waals surface area contributed by atoms with Gasteiger partial charge in [0, 0.05) is 31.4 Å². The topological polar surface area (TPSA) is 32.8 Å². The molecule has 1 aliphatic rings. The van der Waals surface area contributed by atoms with Crippen LogP contribution in [0.2, 0.25) is 0 Å². The van der Waals surface area contributed by atoms with Crippen LogP contribution in [0.25, 0.3) is 0 Å². The van der Waals surface area contributed by atoms with E-state index >= 15 is 0 Å². The highest BCUT2D eigenvalue weighted by molar-refractivity contribution is 5.69. The summed E-state index contributed by atoms with van der Waals surface area (Å²) in [5.41, 5.74) is 3.39. The Kier molecular flexibility index (Phi) is 4.69. The summed E-state index contributed by atoms with van der Waals surface area (Å²) < 4.78 is 5.47. The highest BCUT2D eigenvalue weighted by Crippen LogP contribution is 2.26. The van der Waals surface area contributed by atoms with Crippen molar-refractivity contribution in [3.8, 4) is 0 Å². The van der Waals surface area contributed by atoms with Gasteiger partial charge in [0.15, 0.2) is 0 Å². The third kappa shape index (κ3) is 3.93. The number of nitrogens with zero attached hydrogens (tertiary/aromatic N) is 2. The number of carbonyl (C=O) groups is 1. The van der Waals surface area contributed by atoms with Gasteiger partial charge in [-0.3, -0.25) is 0 Å². The summed E-state index contributed by atoms with van der Waals surface area (Å²) in [7, 11) is 0. The van der Waals surface area contributed by atoms with E-state index in [9.17, 15) is 4.79 Å². The molecule has 2 rings (SSSR count). The molecule has 1 atom stereocenters. The van der Waals surface area contributed by atoms with Gasteiger partial charge in [0.05, 0.1) is 0 Å². The van der Waals surface area contributed by atoms with Crippen molar-refractivity contribution in [1.82, 2.24) is 4.90 Å². The van der Waals surface area contributed by atoms with E-state index < -0.39 is 5.60 Å². The third-order valence-electron chi connectivity index (χ3n) is 3.94. The number of hydrogen-bond acceptors (Lipinski definition) is 3. The zero-order valence-corrected chi connectivity index (χ0v) is 14.6. The minimum absolute atomic E-state index is 0.209. The van der Waals surface area contributed by atoms with E-state index in [0.29, 0.717) is 13.1 Å². The number of anilines is 1. The second-order valence-corrected chi connectivity index (χ2v) is 7.26. The molecule has 1 aromatic rings. The number of hydrogen-bond donors (Lipinski definition) is 0. The Bertz CT molecular complexity index is 549. The van der Waals surface area contributed by atoms with Crippen LogP contribution in [0.4, 0.5) is 10.5 Å². The summed E-state index contributed by atoms with van der Waals surface area (Å²) in [6.07, 6.45) is -0.209. The van der Waals surface area contributed by atoms with Gasteiger partial charge in [-0.25, -0.2) is 4.79 Å². The summed E-state index contributed by atoms with van der Waals surface area (Å²) in [5, 5.41) is 0. The Balaban J connectivity index is 2.05. The number of rotatable bonds is 1. The first-order valence-corrected chi connectivity index (χ1v) is 7.99. The molecule has 1 aliphatic heterocycles. The molecule has 4 nitrogen and oxygen atoms in total. The third-order valence-corrected chi connectivity index (χ3v) is 3.94. The van der Waals surface area contributed by atoms with Crippen molar-refractivity contribution < 1.29 is 9.53 Å². The second kappa shape index (κ2) is 6.19. The lowest BCUT2D eigenvalue weighted by Gasteiger charge is -2.42. The van der Waals surface area contributed by atoms with Crippen molar-refractivity contribution in [2.24, 2.45) is 0 Å². The van der Waals surface area contributed by atoms with Crippen LogP contribution in [0, 0.1) is 13.8 Å². The molecule has 0 aromatic heterocycles. The summed E-state index contributed by atoms with van der Waals surface area (Å²) >= 11 is 0. The van der Waals surface area contributed by atoms with E-state index in [-0.39, 0.29) is 12.1 Å². The van der Waals surface area contributed by atoms with Crippen molar-refractivity contribution in [1.29, 1.82) is 0 Å². The summed E-state index contributed by atoms with van der Waals surface area (Å²) in [6.45, 7) is 14.4. The molecule has 1 saturated heterocycles. The Labute approximate surface area is 134 Å². The predicted molar refractivity (Wildman–Crippen MR) is 90.5 cm³/mol. The molecular weight excluding hydrogens is 276 g/mol. The largest absolute Gasteiger partial charge is 0.444 e. The van der Waals surface area contributed by atoms with Crippen LogP contribution in [-0.4, -0.2) is 42.3 Å². The van der Waals surface area contributed by atoms with Crippen LogP contribution in [0.5, 0.6) is 0 Å². The molecule has 1 amide bonds. The molecule has 0 bridgehead atoms. The summed E-state index contributed by atoms with van der Waals surface area (Å²) in [4.78, 5) is 16.4. The maximum atomic E-state index is 12.2. The molecule has 1 unspecified atom stereocenters. The van der Waals surface area contributed by atoms with Crippen LogP contribution in [-0.2, 0) is 4.74 Å². The number of aryl methyl sites for hydroxylation is 2. The molecule has 1 fully saturated rings. The minimum Gasteiger partial charge on any atom is -0.444 e. The first-order valence-electron chi connectivity index (χ1n) is 7.99. The highest BCUT2D eigenvalue weighted by Gasteiger charge is 2.30. The van der Waals surface area contributed by atoms with Gasteiger partial charge in [0.1, 0.15) is 5.60 Å². The van der Waals surface area contributed by atoms with Gasteiger partial charge < -0.3 is 14.5 Å². The number of carbonyl (C=O) groups excluding carboxylic acids is 1. The standard InChI is InChI=1S/C18H28N2O2/c1-13-7-8-16(14(2)11-13)20-10-9-19(12-15(20)3)17(21)22-18(4,5)6/h7-8,11,15H,9-10,12H2,1-6H3. The van der Waals surface area contributed by atoms with Crippen LogP contribution < -0.4 is 4.90 Å². The van der Waals surface area contributed by atoms with Gasteiger partial charge in [0.2, 0.25) is 0 Å². The van der Waals surface area contributed by atoms with Crippen molar-refractivity contribution in [3.63, 3.8) is 0 Å². The number of piperazine rings is 1. The molecule has 0 spiro atoms. The first-order chi connectivity index (χ1) is 10.2. The minimum atomic E-state index is -0.439. The van der Waals surface area contributed by atoms with E-state index in [1.54, 1.807) is 0 Å². The van der Waals surface area contributed by atoms with Crippen molar-refractivity contribution >= 4 is 11.8 Å². The smallest absolute Gasteiger partial charge is 0.410 e. The van der Waals surface area contributed by atoms with Gasteiger partial charge in [-0.1, -0.05) is 17.7 Å². The maximum Gasteiger partial charge on any atom is 0.410 e. The number of benzene rings is 1. The van der Waals surface area contributed by atoms with Crippen molar-refractivity contribution in [2.75, 3.05) is 24.5 Å². The second-order valence-electron chi connectivity index (χ2n) is 7.26. The van der Waals surface area contributed by atoms with Gasteiger partial charge in [-0.05, 0) is 53.2 Å². The van der Waals surface area contributed by atoms with E-state index in [2.05, 4.69) is 43.9 Å². The van der Waals surface area contributed by atoms with Crippen molar-refractivity contribution in [2.45, 2.75) is 53.2 Å². The van der Waals surface area contributed by atoms with Crippen LogP contribution in [0.15, 0.2) is 18.2 Å². The fourth-order valence-corrected chi connectivity index (χ4v) is 2.94. The first kappa shape index (κ1) is 16.7.